The Morgan fingerprint density at radius 2 is 0.853 bits per heavy atom. The summed E-state index contributed by atoms with van der Waals surface area (Å²) in [6, 6.07) is 50.4. The first-order chi connectivity index (χ1) is 52.8. The number of nitrogens with one attached hydrogen (secondary N) is 3. The van der Waals surface area contributed by atoms with Crippen molar-refractivity contribution in [3.8, 4) is 66.9 Å². The number of piperidine rings is 4. The van der Waals surface area contributed by atoms with Gasteiger partial charge in [0.2, 0.25) is 23.6 Å². The van der Waals surface area contributed by atoms with Crippen LogP contribution >= 0.6 is 54.5 Å². The molecular formula is C82H71Br2FN8O14S2. The average Bonchev–Trinajstić information content (AvgIpc) is 1.62. The van der Waals surface area contributed by atoms with Crippen molar-refractivity contribution in [2.24, 2.45) is 0 Å². The fraction of sp³-hybridized carbons (Fsp3) is 0.268. The molecule has 6 fully saturated rings. The van der Waals surface area contributed by atoms with Crippen molar-refractivity contribution in [2.45, 2.75) is 87.7 Å². The summed E-state index contributed by atoms with van der Waals surface area (Å²) in [4.78, 5) is 109. The summed E-state index contributed by atoms with van der Waals surface area (Å²) in [6.45, 7) is 7.93. The number of phenols is 2. The van der Waals surface area contributed by atoms with Gasteiger partial charge in [-0.05, 0) is 195 Å². The molecule has 5 N–H and O–H groups in total. The molecule has 0 bridgehead atoms. The molecule has 556 valence electrons. The number of benzene rings is 8. The second-order valence-corrected chi connectivity index (χ2v) is 31.9. The Labute approximate surface area is 649 Å². The van der Waals surface area contributed by atoms with Crippen LogP contribution in [-0.2, 0) is 19.2 Å². The van der Waals surface area contributed by atoms with Gasteiger partial charge in [0.05, 0.1) is 32.0 Å². The number of imide groups is 4. The van der Waals surface area contributed by atoms with Crippen molar-refractivity contribution in [1.29, 1.82) is 0 Å². The zero-order valence-corrected chi connectivity index (χ0v) is 63.2. The number of amides is 8. The van der Waals surface area contributed by atoms with E-state index in [9.17, 15) is 53.0 Å². The van der Waals surface area contributed by atoms with Gasteiger partial charge in [0.15, 0.2) is 11.5 Å². The minimum atomic E-state index is -1.02. The van der Waals surface area contributed by atoms with E-state index in [0.717, 1.165) is 184 Å². The molecule has 27 heteroatoms. The molecule has 10 aromatic rings. The number of likely N-dealkylation sites (tertiary alicyclic amines) is 2. The molecular weight excluding hydrogens is 1560 g/mol. The summed E-state index contributed by atoms with van der Waals surface area (Å²) in [6.07, 6.45) is 4.69. The molecule has 2 atom stereocenters. The van der Waals surface area contributed by atoms with Crippen LogP contribution in [0.4, 0.5) is 10.1 Å². The van der Waals surface area contributed by atoms with Gasteiger partial charge in [-0.15, -0.1) is 22.7 Å². The van der Waals surface area contributed by atoms with E-state index in [-0.39, 0.29) is 60.5 Å². The number of carbonyl (C=O) groups is 8. The molecule has 0 radical (unpaired) electrons. The van der Waals surface area contributed by atoms with Gasteiger partial charge in [-0.3, -0.25) is 68.6 Å². The lowest BCUT2D eigenvalue weighted by atomic mass is 9.99. The van der Waals surface area contributed by atoms with Gasteiger partial charge in [-0.2, -0.15) is 0 Å². The highest BCUT2D eigenvalue weighted by Crippen LogP contribution is 2.50. The van der Waals surface area contributed by atoms with E-state index in [1.54, 1.807) is 59.1 Å². The quantitative estimate of drug-likeness (QED) is 0.0597. The molecule has 22 nitrogen and oxygen atoms in total. The van der Waals surface area contributed by atoms with Crippen molar-refractivity contribution < 1.29 is 71.9 Å². The number of fused-ring (bicyclic) bond motifs is 4. The maximum absolute atomic E-state index is 13.3. The van der Waals surface area contributed by atoms with Gasteiger partial charge in [-0.1, -0.05) is 56.1 Å². The molecule has 0 spiro atoms. The van der Waals surface area contributed by atoms with E-state index in [1.807, 2.05) is 103 Å². The standard InChI is InChI=1S/C41H35BrN4O7S.C28H27BrN2O3S.C13H9FN2O4/c42-24-3-1-23(2-4-24)38-37(32-12-6-27(47)20-35(32)54-38)53-29-9-7-28(8-10-29)52-30-15-17-44(18-16-30)26-21-45(22-26)25-5-11-31-33(19-25)41(51)46(40(31)50)34-13-14-36(48)43-39(34)49;29-19-3-1-18(2-4-19)28-27(25-10-5-21(32)15-26(25)35-28)34-23-8-6-22(7-9-23)33-24-11-13-31(14-12-24)20-16-30-17-20;14-6-1-2-7-8(5-6)13(20)16(12(7)19)9-3-4-10(17)15-11(9)18/h1-12,19-20,26,30,34,47H,13-18,21-22H2,(H,43,48,49);1-10,15,20,24,30,32H,11-14,16-17H2;1-2,5,9H,3-4H2,(H,15,17,18). The zero-order valence-electron chi connectivity index (χ0n) is 58.4. The molecule has 18 rings (SSSR count). The Balaban J connectivity index is 0.000000140. The molecule has 0 saturated carbocycles. The SMILES string of the molecule is O=C1CCC(N2C(=O)c3ccc(F)cc3C2=O)C(=O)N1.O=C1CCC(N2C(=O)c3ccc(N4CC(N5CCC(Oc6ccc(Oc7c(-c8ccc(Br)cc8)sc8cc(O)ccc78)cc6)CC5)C4)cc3C2=O)C(=O)N1.Oc1ccc2c(Oc3ccc(OC4CCN(C5CNC5)CC4)cc3)c(-c3ccc(Br)cc3)sc2c1. The van der Waals surface area contributed by atoms with Crippen molar-refractivity contribution in [1.82, 2.24) is 35.6 Å². The van der Waals surface area contributed by atoms with Crippen LogP contribution < -0.4 is 39.8 Å². The molecule has 2 aromatic heterocycles. The summed E-state index contributed by atoms with van der Waals surface area (Å²) in [5, 5.41) is 29.7. The van der Waals surface area contributed by atoms with Crippen molar-refractivity contribution >= 4 is 128 Å². The van der Waals surface area contributed by atoms with Gasteiger partial charge < -0.3 is 39.4 Å². The molecule has 8 amide bonds. The second-order valence-electron chi connectivity index (χ2n) is 27.9. The number of ether oxygens (including phenoxy) is 4. The molecule has 2 unspecified atom stereocenters. The lowest BCUT2D eigenvalue weighted by Crippen LogP contribution is -2.61. The maximum Gasteiger partial charge on any atom is 0.262 e. The van der Waals surface area contributed by atoms with E-state index >= 15 is 0 Å². The summed E-state index contributed by atoms with van der Waals surface area (Å²) in [7, 11) is 0. The summed E-state index contributed by atoms with van der Waals surface area (Å²) in [5.41, 5.74) is 3.59. The molecule has 8 aliphatic rings. The van der Waals surface area contributed by atoms with Gasteiger partial charge >= 0.3 is 0 Å². The van der Waals surface area contributed by atoms with Crippen LogP contribution in [0.5, 0.6) is 46.0 Å². The normalized spacial score (nSPS) is 19.3. The fourth-order valence-electron chi connectivity index (χ4n) is 14.9. The highest BCUT2D eigenvalue weighted by Gasteiger charge is 2.47. The number of rotatable bonds is 15. The Hall–Kier alpha value is -10.4. The maximum atomic E-state index is 13.3. The number of phenolic OH excluding ortho intramolecular Hbond substituents is 2. The first-order valence-electron chi connectivity index (χ1n) is 36.0. The van der Waals surface area contributed by atoms with E-state index in [4.69, 9.17) is 18.9 Å². The number of hydrogen-bond donors (Lipinski definition) is 5. The summed E-state index contributed by atoms with van der Waals surface area (Å²) >= 11 is 10.2. The van der Waals surface area contributed by atoms with Gasteiger partial charge in [0, 0.05) is 112 Å². The van der Waals surface area contributed by atoms with E-state index in [0.29, 0.717) is 29.0 Å². The molecule has 10 heterocycles. The number of halogens is 3. The highest BCUT2D eigenvalue weighted by molar-refractivity contribution is 9.10. The third kappa shape index (κ3) is 15.3. The number of aromatic hydroxyl groups is 2. The Morgan fingerprint density at radius 1 is 0.440 bits per heavy atom. The minimum Gasteiger partial charge on any atom is -0.508 e. The number of nitrogens with zero attached hydrogens (tertiary/aromatic N) is 5. The van der Waals surface area contributed by atoms with Crippen molar-refractivity contribution in [3.63, 3.8) is 0 Å². The summed E-state index contributed by atoms with van der Waals surface area (Å²) < 4.78 is 42.7. The molecule has 8 aromatic carbocycles. The molecule has 0 aliphatic carbocycles. The van der Waals surface area contributed by atoms with Crippen molar-refractivity contribution in [3.05, 3.63) is 207 Å². The van der Waals surface area contributed by atoms with Crippen LogP contribution in [-0.4, -0.2) is 166 Å². The minimum absolute atomic E-state index is 0.0537. The smallest absolute Gasteiger partial charge is 0.262 e. The molecule has 8 aliphatic heterocycles. The lowest BCUT2D eigenvalue weighted by molar-refractivity contribution is -0.137. The zero-order chi connectivity index (χ0) is 75.3. The Morgan fingerprint density at radius 3 is 1.28 bits per heavy atom. The fourth-order valence-corrected chi connectivity index (χ4v) is 17.8. The van der Waals surface area contributed by atoms with E-state index in [2.05, 4.69) is 74.6 Å². The number of anilines is 1. The molecule has 6 saturated heterocycles. The number of carbonyl (C=O) groups excluding carboxylic acids is 8. The lowest BCUT2D eigenvalue weighted by Gasteiger charge is -2.48. The van der Waals surface area contributed by atoms with Crippen LogP contribution in [0, 0.1) is 5.82 Å². The van der Waals surface area contributed by atoms with Crippen LogP contribution in [0.2, 0.25) is 0 Å². The van der Waals surface area contributed by atoms with Crippen molar-refractivity contribution in [2.75, 3.05) is 57.3 Å². The Bertz CT molecular complexity index is 5250. The third-order valence-corrected chi connectivity index (χ3v) is 24.4. The highest BCUT2D eigenvalue weighted by atomic mass is 79.9. The molecule has 109 heavy (non-hydrogen) atoms. The number of thiophene rings is 2. The first kappa shape index (κ1) is 72.8. The number of hydrogen-bond acceptors (Lipinski definition) is 20. The predicted molar refractivity (Wildman–Crippen MR) is 416 cm³/mol. The average molecular weight is 1640 g/mol. The Kier molecular flexibility index (Phi) is 20.7. The van der Waals surface area contributed by atoms with Crippen LogP contribution in [0.3, 0.4) is 0 Å². The topological polar surface area (TPSA) is 266 Å². The van der Waals surface area contributed by atoms with Crippen LogP contribution in [0.15, 0.2) is 179 Å². The van der Waals surface area contributed by atoms with Crippen LogP contribution in [0.25, 0.3) is 41.1 Å². The van der Waals surface area contributed by atoms with Gasteiger partial charge in [-0.25, -0.2) is 4.39 Å². The summed E-state index contributed by atoms with van der Waals surface area (Å²) in [5.74, 6) is 0.0859. The van der Waals surface area contributed by atoms with Gasteiger partial charge in [0.1, 0.15) is 64.6 Å². The monoisotopic (exact) mass is 1630 g/mol. The third-order valence-electron chi connectivity index (χ3n) is 21.0. The van der Waals surface area contributed by atoms with Gasteiger partial charge in [0.25, 0.3) is 23.6 Å². The van der Waals surface area contributed by atoms with E-state index in [1.165, 1.54) is 6.07 Å². The predicted octanol–water partition coefficient (Wildman–Crippen LogP) is 13.8. The second kappa shape index (κ2) is 30.9. The van der Waals surface area contributed by atoms with E-state index < -0.39 is 65.2 Å². The first-order valence-corrected chi connectivity index (χ1v) is 39.2. The largest absolute Gasteiger partial charge is 0.508 e. The van der Waals surface area contributed by atoms with Crippen LogP contribution in [0.1, 0.15) is 92.8 Å².